The molecule has 0 bridgehead atoms. The van der Waals surface area contributed by atoms with Crippen LogP contribution in [0, 0.1) is 0 Å². The molecule has 5 nitrogen and oxygen atoms in total. The smallest absolute Gasteiger partial charge is 0.237 e. The summed E-state index contributed by atoms with van der Waals surface area (Å²) in [5, 5.41) is 6.83. The molecule has 1 aromatic rings. The highest BCUT2D eigenvalue weighted by Gasteiger charge is 2.15. The Hall–Kier alpha value is -1.36. The van der Waals surface area contributed by atoms with Gasteiger partial charge in [-0.3, -0.25) is 4.79 Å². The predicted molar refractivity (Wildman–Crippen MR) is 74.6 cm³/mol. The molecule has 0 aromatic carbocycles. The van der Waals surface area contributed by atoms with Crippen LogP contribution in [0.5, 0.6) is 0 Å². The Bertz CT molecular complexity index is 386. The zero-order chi connectivity index (χ0) is 14.3. The molecule has 0 spiro atoms. The summed E-state index contributed by atoms with van der Waals surface area (Å²) in [7, 11) is 0. The topological polar surface area (TPSA) is 81.2 Å². The fourth-order valence-electron chi connectivity index (χ4n) is 2.06. The van der Waals surface area contributed by atoms with Crippen molar-refractivity contribution in [1.82, 2.24) is 10.5 Å². The Kier molecular flexibility index (Phi) is 6.56. The molecule has 0 aliphatic rings. The molecule has 1 atom stereocenters. The van der Waals surface area contributed by atoms with Gasteiger partial charge in [0.2, 0.25) is 5.91 Å². The molecule has 5 heteroatoms. The van der Waals surface area contributed by atoms with E-state index < -0.39 is 6.04 Å². The molecule has 0 radical (unpaired) electrons. The molecule has 3 N–H and O–H groups in total. The maximum Gasteiger partial charge on any atom is 0.237 e. The van der Waals surface area contributed by atoms with E-state index in [0.717, 1.165) is 25.0 Å². The first-order valence-corrected chi connectivity index (χ1v) is 7.11. The van der Waals surface area contributed by atoms with Gasteiger partial charge in [0.1, 0.15) is 0 Å². The molecule has 1 amide bonds. The van der Waals surface area contributed by atoms with Gasteiger partial charge in [-0.2, -0.15) is 0 Å². The lowest BCUT2D eigenvalue weighted by Crippen LogP contribution is -2.39. The SMILES string of the molecule is CCCC(N)C(=O)NCc1cc(C(CC)CC)no1. The van der Waals surface area contributed by atoms with Crippen LogP contribution in [0.15, 0.2) is 10.6 Å². The highest BCUT2D eigenvalue weighted by molar-refractivity contribution is 5.81. The van der Waals surface area contributed by atoms with E-state index in [2.05, 4.69) is 24.3 Å². The molecule has 0 aliphatic carbocycles. The Labute approximate surface area is 114 Å². The van der Waals surface area contributed by atoms with Gasteiger partial charge in [0.15, 0.2) is 5.76 Å². The van der Waals surface area contributed by atoms with Crippen LogP contribution in [-0.2, 0) is 11.3 Å². The number of hydrogen-bond donors (Lipinski definition) is 2. The number of nitrogens with zero attached hydrogens (tertiary/aromatic N) is 1. The second-order valence-corrected chi connectivity index (χ2v) is 4.84. The van der Waals surface area contributed by atoms with Crippen molar-refractivity contribution in [3.05, 3.63) is 17.5 Å². The van der Waals surface area contributed by atoms with E-state index in [1.54, 1.807) is 0 Å². The van der Waals surface area contributed by atoms with Crippen LogP contribution in [0.1, 0.15) is 63.8 Å². The van der Waals surface area contributed by atoms with Crippen molar-refractivity contribution in [2.75, 3.05) is 0 Å². The molecule has 19 heavy (non-hydrogen) atoms. The molecule has 0 aliphatic heterocycles. The third-order valence-electron chi connectivity index (χ3n) is 3.35. The molecule has 0 saturated heterocycles. The van der Waals surface area contributed by atoms with E-state index in [4.69, 9.17) is 10.3 Å². The lowest BCUT2D eigenvalue weighted by Gasteiger charge is -2.09. The quantitative estimate of drug-likeness (QED) is 0.757. The number of aromatic nitrogens is 1. The summed E-state index contributed by atoms with van der Waals surface area (Å²) < 4.78 is 5.23. The Balaban J connectivity index is 2.48. The zero-order valence-corrected chi connectivity index (χ0v) is 12.1. The lowest BCUT2D eigenvalue weighted by molar-refractivity contribution is -0.122. The van der Waals surface area contributed by atoms with Gasteiger partial charge >= 0.3 is 0 Å². The first-order chi connectivity index (χ1) is 9.12. The molecule has 1 heterocycles. The minimum absolute atomic E-state index is 0.137. The van der Waals surface area contributed by atoms with Crippen molar-refractivity contribution >= 4 is 5.91 Å². The number of carbonyl (C=O) groups is 1. The number of hydrogen-bond acceptors (Lipinski definition) is 4. The fraction of sp³-hybridized carbons (Fsp3) is 0.714. The minimum atomic E-state index is -0.438. The first-order valence-electron chi connectivity index (χ1n) is 7.11. The number of carbonyl (C=O) groups excluding carboxylic acids is 1. The zero-order valence-electron chi connectivity index (χ0n) is 12.1. The van der Waals surface area contributed by atoms with Gasteiger partial charge in [-0.1, -0.05) is 32.3 Å². The van der Waals surface area contributed by atoms with Crippen LogP contribution >= 0.6 is 0 Å². The number of nitrogens with two attached hydrogens (primary N) is 1. The van der Waals surface area contributed by atoms with Gasteiger partial charge in [-0.05, 0) is 19.3 Å². The Morgan fingerprint density at radius 2 is 2.11 bits per heavy atom. The number of rotatable bonds is 8. The normalized spacial score (nSPS) is 12.7. The van der Waals surface area contributed by atoms with Crippen molar-refractivity contribution in [2.45, 2.75) is 65.0 Å². The molecular formula is C14H25N3O2. The maximum absolute atomic E-state index is 11.7. The van der Waals surface area contributed by atoms with Gasteiger partial charge in [-0.15, -0.1) is 0 Å². The van der Waals surface area contributed by atoms with Crippen LogP contribution in [0.25, 0.3) is 0 Å². The Morgan fingerprint density at radius 3 is 2.68 bits per heavy atom. The van der Waals surface area contributed by atoms with Crippen LogP contribution in [0.2, 0.25) is 0 Å². The predicted octanol–water partition coefficient (Wildman–Crippen LogP) is 2.32. The molecule has 1 unspecified atom stereocenters. The van der Waals surface area contributed by atoms with E-state index in [9.17, 15) is 4.79 Å². The summed E-state index contributed by atoms with van der Waals surface area (Å²) in [5.74, 6) is 0.969. The average molecular weight is 267 g/mol. The summed E-state index contributed by atoms with van der Waals surface area (Å²) in [6.45, 7) is 6.62. The largest absolute Gasteiger partial charge is 0.359 e. The second kappa shape index (κ2) is 7.94. The maximum atomic E-state index is 11.7. The van der Waals surface area contributed by atoms with Crippen LogP contribution < -0.4 is 11.1 Å². The molecule has 1 aromatic heterocycles. The third-order valence-corrected chi connectivity index (χ3v) is 3.35. The van der Waals surface area contributed by atoms with Gasteiger partial charge in [0.25, 0.3) is 0 Å². The highest BCUT2D eigenvalue weighted by Crippen LogP contribution is 2.22. The van der Waals surface area contributed by atoms with Crippen molar-refractivity contribution in [1.29, 1.82) is 0 Å². The highest BCUT2D eigenvalue weighted by atomic mass is 16.5. The van der Waals surface area contributed by atoms with E-state index in [-0.39, 0.29) is 5.91 Å². The monoisotopic (exact) mass is 267 g/mol. The third kappa shape index (κ3) is 4.67. The van der Waals surface area contributed by atoms with Gasteiger partial charge in [0.05, 0.1) is 18.3 Å². The van der Waals surface area contributed by atoms with Crippen LogP contribution in [-0.4, -0.2) is 17.1 Å². The van der Waals surface area contributed by atoms with Crippen molar-refractivity contribution < 1.29 is 9.32 Å². The summed E-state index contributed by atoms with van der Waals surface area (Å²) in [6, 6.07) is 1.48. The first kappa shape index (κ1) is 15.7. The summed E-state index contributed by atoms with van der Waals surface area (Å²) in [5.41, 5.74) is 6.70. The van der Waals surface area contributed by atoms with Crippen molar-refractivity contribution in [3.8, 4) is 0 Å². The summed E-state index contributed by atoms with van der Waals surface area (Å²) >= 11 is 0. The average Bonchev–Trinajstić information content (AvgIpc) is 2.86. The standard InChI is InChI=1S/C14H25N3O2/c1-4-7-12(15)14(18)16-9-11-8-13(17-19-11)10(5-2)6-3/h8,10,12H,4-7,9,15H2,1-3H3,(H,16,18). The second-order valence-electron chi connectivity index (χ2n) is 4.84. The van der Waals surface area contributed by atoms with E-state index in [1.165, 1.54) is 0 Å². The lowest BCUT2D eigenvalue weighted by atomic mass is 9.99. The van der Waals surface area contributed by atoms with Crippen molar-refractivity contribution in [3.63, 3.8) is 0 Å². The van der Waals surface area contributed by atoms with Gasteiger partial charge < -0.3 is 15.6 Å². The number of amides is 1. The van der Waals surface area contributed by atoms with Crippen LogP contribution in [0.3, 0.4) is 0 Å². The fourth-order valence-corrected chi connectivity index (χ4v) is 2.06. The van der Waals surface area contributed by atoms with Gasteiger partial charge in [-0.25, -0.2) is 0 Å². The molecule has 0 saturated carbocycles. The minimum Gasteiger partial charge on any atom is -0.359 e. The number of nitrogens with one attached hydrogen (secondary N) is 1. The van der Waals surface area contributed by atoms with E-state index >= 15 is 0 Å². The molecule has 0 fully saturated rings. The van der Waals surface area contributed by atoms with E-state index in [0.29, 0.717) is 24.6 Å². The Morgan fingerprint density at radius 1 is 1.42 bits per heavy atom. The van der Waals surface area contributed by atoms with Crippen molar-refractivity contribution in [2.24, 2.45) is 5.73 Å². The molecule has 108 valence electrons. The molecular weight excluding hydrogens is 242 g/mol. The molecule has 1 rings (SSSR count). The summed E-state index contributed by atoms with van der Waals surface area (Å²) in [6.07, 6.45) is 3.67. The van der Waals surface area contributed by atoms with E-state index in [1.807, 2.05) is 13.0 Å². The van der Waals surface area contributed by atoms with Crippen LogP contribution in [0.4, 0.5) is 0 Å². The summed E-state index contributed by atoms with van der Waals surface area (Å²) in [4.78, 5) is 11.7. The van der Waals surface area contributed by atoms with Gasteiger partial charge in [0, 0.05) is 12.0 Å².